The highest BCUT2D eigenvalue weighted by Gasteiger charge is 2.53. The van der Waals surface area contributed by atoms with Crippen LogP contribution in [-0.4, -0.2) is 126 Å². The van der Waals surface area contributed by atoms with E-state index in [9.17, 15) is 43.2 Å². The van der Waals surface area contributed by atoms with Crippen molar-refractivity contribution in [3.05, 3.63) is 76.1 Å². The van der Waals surface area contributed by atoms with Crippen molar-refractivity contribution < 1.29 is 56.9 Å². The number of rotatable bonds is 14. The molecule has 6 atom stereocenters. The van der Waals surface area contributed by atoms with Gasteiger partial charge >= 0.3 is 16.4 Å². The van der Waals surface area contributed by atoms with Gasteiger partial charge in [0, 0.05) is 28.4 Å². The number of hydrogen-bond acceptors (Lipinski definition) is 18. The number of nitrogens with zero attached hydrogens (tertiary/aromatic N) is 5. The Morgan fingerprint density at radius 2 is 1.89 bits per heavy atom. The Morgan fingerprint density at radius 3 is 2.62 bits per heavy atom. The van der Waals surface area contributed by atoms with E-state index in [-0.39, 0.29) is 53.9 Å². The summed E-state index contributed by atoms with van der Waals surface area (Å²) in [5.41, 5.74) is 7.28. The van der Waals surface area contributed by atoms with E-state index < -0.39 is 71.2 Å². The number of hydrogen-bond donors (Lipinski definition) is 8. The molecule has 6 heterocycles. The van der Waals surface area contributed by atoms with Crippen molar-refractivity contribution >= 4 is 74.0 Å². The van der Waals surface area contributed by atoms with Crippen molar-refractivity contribution in [1.29, 1.82) is 0 Å². The molecule has 24 heteroatoms. The number of thioether (sulfide) groups is 1. The zero-order chi connectivity index (χ0) is 39.7. The first-order valence-electron chi connectivity index (χ1n) is 16.8. The molecule has 2 fully saturated rings. The molecule has 0 spiro atoms. The average molecular weight is 834 g/mol. The first-order valence-corrected chi connectivity index (χ1v) is 20.1. The predicted octanol–water partition coefficient (Wildman–Crippen LogP) is -1.10. The van der Waals surface area contributed by atoms with Crippen LogP contribution in [0.3, 0.4) is 0 Å². The third-order valence-corrected chi connectivity index (χ3v) is 12.1. The van der Waals surface area contributed by atoms with Gasteiger partial charge in [-0.1, -0.05) is 18.2 Å². The minimum atomic E-state index is -4.36. The molecular weight excluding hydrogens is 799 g/mol. The SMILES string of the molecule is Nc1ncnc2c1ncn2[C@@H]1O[C@H](COS(=O)(=O)NCc2ccc(NC(=O)OCC3=C(C(O)O)N4C(=O)[C@@H](NC(=O)Cc5cccs5)[C@H]4SC3)cc2)[C@@H](O)[C@H]1O. The van der Waals surface area contributed by atoms with Crippen LogP contribution in [0, 0.1) is 0 Å². The van der Waals surface area contributed by atoms with Crippen molar-refractivity contribution in [3.63, 3.8) is 0 Å². The molecular formula is C32H35N9O12S3. The van der Waals surface area contributed by atoms with E-state index in [1.54, 1.807) is 0 Å². The number of aliphatic hydroxyl groups is 4. The fraction of sp³-hybridized carbons (Fsp3) is 0.375. The monoisotopic (exact) mass is 833 g/mol. The average Bonchev–Trinajstić information content (AvgIpc) is 3.91. The van der Waals surface area contributed by atoms with Crippen LogP contribution in [0.2, 0.25) is 0 Å². The molecule has 0 aliphatic carbocycles. The molecule has 4 aromatic rings. The molecule has 9 N–H and O–H groups in total. The van der Waals surface area contributed by atoms with Crippen LogP contribution in [0.1, 0.15) is 16.7 Å². The molecule has 0 unspecified atom stereocenters. The summed E-state index contributed by atoms with van der Waals surface area (Å²) in [6.45, 7) is -1.19. The fourth-order valence-electron chi connectivity index (χ4n) is 6.21. The number of carbonyl (C=O) groups excluding carboxylic acids is 3. The van der Waals surface area contributed by atoms with Gasteiger partial charge in [-0.2, -0.15) is 13.1 Å². The van der Waals surface area contributed by atoms with Crippen LogP contribution in [0.25, 0.3) is 11.2 Å². The summed E-state index contributed by atoms with van der Waals surface area (Å²) >= 11 is 2.70. The van der Waals surface area contributed by atoms with E-state index in [2.05, 4.69) is 30.3 Å². The van der Waals surface area contributed by atoms with Crippen molar-refractivity contribution in [3.8, 4) is 0 Å². The number of nitrogens with two attached hydrogens (primary N) is 1. The van der Waals surface area contributed by atoms with Crippen molar-refractivity contribution in [2.75, 3.05) is 30.0 Å². The van der Waals surface area contributed by atoms with E-state index in [0.717, 1.165) is 4.88 Å². The van der Waals surface area contributed by atoms with Gasteiger partial charge < -0.3 is 41.0 Å². The van der Waals surface area contributed by atoms with Crippen molar-refractivity contribution in [2.45, 2.75) is 55.2 Å². The topological polar surface area (TPSA) is 303 Å². The summed E-state index contributed by atoms with van der Waals surface area (Å²) in [5, 5.41) is 47.8. The highest BCUT2D eigenvalue weighted by molar-refractivity contribution is 8.00. The van der Waals surface area contributed by atoms with Crippen LogP contribution in [0.4, 0.5) is 16.3 Å². The lowest BCUT2D eigenvalue weighted by molar-refractivity contribution is -0.150. The highest BCUT2D eigenvalue weighted by atomic mass is 32.2. The second-order valence-corrected chi connectivity index (χ2v) is 16.2. The third-order valence-electron chi connectivity index (χ3n) is 8.99. The van der Waals surface area contributed by atoms with E-state index in [4.69, 9.17) is 19.4 Å². The maximum atomic E-state index is 12.9. The lowest BCUT2D eigenvalue weighted by atomic mass is 10.0. The first-order chi connectivity index (χ1) is 26.8. The van der Waals surface area contributed by atoms with Gasteiger partial charge in [0.2, 0.25) is 5.91 Å². The van der Waals surface area contributed by atoms with Gasteiger partial charge in [0.05, 0.1) is 25.1 Å². The van der Waals surface area contributed by atoms with E-state index >= 15 is 0 Å². The minimum absolute atomic E-state index is 0.102. The second kappa shape index (κ2) is 16.4. The van der Waals surface area contributed by atoms with Gasteiger partial charge in [0.1, 0.15) is 48.2 Å². The number of benzene rings is 1. The maximum Gasteiger partial charge on any atom is 0.411 e. The number of thiophene rings is 1. The number of imidazole rings is 1. The van der Waals surface area contributed by atoms with Crippen LogP contribution in [0.15, 0.2) is 65.7 Å². The lowest BCUT2D eigenvalue weighted by Crippen LogP contribution is -2.71. The maximum absolute atomic E-state index is 12.9. The Morgan fingerprint density at radius 1 is 1.11 bits per heavy atom. The van der Waals surface area contributed by atoms with E-state index in [1.807, 2.05) is 17.5 Å². The normalized spacial score (nSPS) is 23.7. The summed E-state index contributed by atoms with van der Waals surface area (Å²) in [4.78, 5) is 52.1. The lowest BCUT2D eigenvalue weighted by Gasteiger charge is -2.50. The zero-order valence-electron chi connectivity index (χ0n) is 28.9. The predicted molar refractivity (Wildman–Crippen MR) is 197 cm³/mol. The van der Waals surface area contributed by atoms with Gasteiger partial charge in [0.25, 0.3) is 5.91 Å². The van der Waals surface area contributed by atoms with Gasteiger partial charge in [-0.15, -0.1) is 23.1 Å². The van der Waals surface area contributed by atoms with Gasteiger partial charge in [-0.3, -0.25) is 28.6 Å². The number of carbonyl (C=O) groups is 3. The summed E-state index contributed by atoms with van der Waals surface area (Å²) in [6.07, 6.45) is -5.67. The quantitative estimate of drug-likeness (QED) is 0.0552. The fourth-order valence-corrected chi connectivity index (χ4v) is 9.00. The molecule has 298 valence electrons. The summed E-state index contributed by atoms with van der Waals surface area (Å²) in [5.74, 6) is -0.543. The number of ether oxygens (including phenoxy) is 2. The van der Waals surface area contributed by atoms with Crippen molar-refractivity contribution in [2.24, 2.45) is 0 Å². The summed E-state index contributed by atoms with van der Waals surface area (Å²) in [7, 11) is -4.36. The van der Waals surface area contributed by atoms with Crippen LogP contribution in [-0.2, 0) is 46.5 Å². The Hall–Kier alpha value is -4.76. The van der Waals surface area contributed by atoms with Gasteiger partial charge in [-0.05, 0) is 29.1 Å². The Labute approximate surface area is 325 Å². The molecule has 2 saturated heterocycles. The first kappa shape index (κ1) is 39.5. The number of amides is 3. The minimum Gasteiger partial charge on any atom is -0.445 e. The Balaban J connectivity index is 0.861. The zero-order valence-corrected chi connectivity index (χ0v) is 31.3. The second-order valence-electron chi connectivity index (χ2n) is 12.7. The Bertz CT molecular complexity index is 2240. The molecule has 0 radical (unpaired) electrons. The molecule has 56 heavy (non-hydrogen) atoms. The van der Waals surface area contributed by atoms with Crippen LogP contribution < -0.4 is 21.1 Å². The molecule has 7 rings (SSSR count). The number of β-lactam (4-membered cyclic amide) rings is 1. The molecule has 3 aliphatic rings. The third kappa shape index (κ3) is 8.34. The highest BCUT2D eigenvalue weighted by Crippen LogP contribution is 2.41. The standard InChI is InChI=1S/C32H35N9O12S3/c33-26-21-27(35-13-34-26)40(14-36-21)29-25(44)24(43)19(53-29)11-52-56(49,50)37-9-15-3-5-17(6-4-15)38-32(48)51-10-16-12-55-30-22(28(45)41(30)23(16)31(46)47)39-20(42)8-18-2-1-7-54-18/h1-7,13-14,19,22,24-25,29-31,37,43-44,46-47H,8-12H2,(H,38,48)(H,39,42)(H2,33,34,35)/t19-,22-,24-,25-,29-,30-/m1/s1. The molecule has 0 saturated carbocycles. The van der Waals surface area contributed by atoms with E-state index in [0.29, 0.717) is 16.8 Å². The number of anilines is 2. The largest absolute Gasteiger partial charge is 0.445 e. The summed E-state index contributed by atoms with van der Waals surface area (Å²) in [6, 6.07) is 8.83. The summed E-state index contributed by atoms with van der Waals surface area (Å²) < 4.78 is 44.8. The van der Waals surface area contributed by atoms with Gasteiger partial charge in [-0.25, -0.2) is 19.7 Å². The Kier molecular flexibility index (Phi) is 11.5. The van der Waals surface area contributed by atoms with Crippen molar-refractivity contribution in [1.82, 2.24) is 34.5 Å². The number of nitrogens with one attached hydrogen (secondary N) is 3. The number of nitrogen functional groups attached to an aromatic ring is 1. The van der Waals surface area contributed by atoms with Crippen LogP contribution >= 0.6 is 23.1 Å². The van der Waals surface area contributed by atoms with Crippen LogP contribution in [0.5, 0.6) is 0 Å². The smallest absolute Gasteiger partial charge is 0.411 e. The number of aromatic nitrogens is 4. The number of fused-ring (bicyclic) bond motifs is 2. The molecule has 21 nitrogen and oxygen atoms in total. The molecule has 3 amide bonds. The van der Waals surface area contributed by atoms with Gasteiger partial charge in [0.15, 0.2) is 24.0 Å². The molecule has 1 aromatic carbocycles. The molecule has 3 aliphatic heterocycles. The number of aliphatic hydroxyl groups excluding tert-OH is 3. The molecule has 0 bridgehead atoms. The van der Waals surface area contributed by atoms with E-state index in [1.165, 1.54) is 69.5 Å². The molecule has 3 aromatic heterocycles.